The van der Waals surface area contributed by atoms with Crippen molar-refractivity contribution in [1.82, 2.24) is 5.32 Å². The van der Waals surface area contributed by atoms with Crippen LogP contribution in [0.1, 0.15) is 40.5 Å². The summed E-state index contributed by atoms with van der Waals surface area (Å²) in [5.74, 6) is -0.259. The molecule has 2 atom stereocenters. The molecule has 0 fully saturated rings. The topological polar surface area (TPSA) is 81.4 Å². The number of hydrogen-bond donors (Lipinski definition) is 2. The van der Waals surface area contributed by atoms with Crippen LogP contribution in [0.3, 0.4) is 0 Å². The number of carbonyl (C=O) groups excluding carboxylic acids is 2. The molecule has 0 saturated carbocycles. The van der Waals surface area contributed by atoms with Crippen molar-refractivity contribution in [1.29, 1.82) is 0 Å². The van der Waals surface area contributed by atoms with E-state index < -0.39 is 36.8 Å². The summed E-state index contributed by atoms with van der Waals surface area (Å²) in [5.41, 5.74) is 6.15. The van der Waals surface area contributed by atoms with Gasteiger partial charge in [-0.15, -0.1) is 0 Å². The molecule has 0 aliphatic carbocycles. The van der Waals surface area contributed by atoms with Crippen molar-refractivity contribution < 1.29 is 12.7 Å². The molecule has 6 heteroatoms. The van der Waals surface area contributed by atoms with Crippen molar-refractivity contribution in [2.75, 3.05) is 0 Å². The summed E-state index contributed by atoms with van der Waals surface area (Å²) in [5, 5.41) is 2.93. The van der Waals surface area contributed by atoms with Gasteiger partial charge < -0.3 is 0 Å². The third-order valence-electron chi connectivity index (χ3n) is 6.16. The quantitative estimate of drug-likeness (QED) is 0.335. The Kier molecular flexibility index (Phi) is 10.1. The summed E-state index contributed by atoms with van der Waals surface area (Å²) in [4.78, 5) is 26.9. The van der Waals surface area contributed by atoms with E-state index in [0.29, 0.717) is 12.8 Å². The van der Waals surface area contributed by atoms with Gasteiger partial charge in [0.05, 0.1) is 0 Å². The van der Waals surface area contributed by atoms with Gasteiger partial charge in [-0.3, -0.25) is 0 Å². The van der Waals surface area contributed by atoms with E-state index in [1.54, 1.807) is 0 Å². The Balaban J connectivity index is 2.07. The predicted molar refractivity (Wildman–Crippen MR) is 149 cm³/mol. The second-order valence-electron chi connectivity index (χ2n) is 10.1. The van der Waals surface area contributed by atoms with Crippen LogP contribution in [0.5, 0.6) is 0 Å². The van der Waals surface area contributed by atoms with Crippen LogP contribution in [0, 0.1) is 11.8 Å². The van der Waals surface area contributed by atoms with Crippen molar-refractivity contribution in [3.8, 4) is 0 Å². The molecule has 1 amide bonds. The SMILES string of the molecule is CC(C)CC(N)C(=O)NC(CC(C)C)C(=O)[O][Sn]([c]1ccccc1)([c]1ccccc1)[c]1ccccc1. The van der Waals surface area contributed by atoms with Crippen molar-refractivity contribution in [3.63, 3.8) is 0 Å². The van der Waals surface area contributed by atoms with Crippen molar-refractivity contribution in [2.24, 2.45) is 17.6 Å². The summed E-state index contributed by atoms with van der Waals surface area (Å²) < 4.78 is 9.83. The van der Waals surface area contributed by atoms with E-state index >= 15 is 0 Å². The van der Waals surface area contributed by atoms with E-state index in [0.717, 1.165) is 10.7 Å². The molecule has 0 saturated heterocycles. The molecule has 3 N–H and O–H groups in total. The first-order valence-corrected chi connectivity index (χ1v) is 18.1. The van der Waals surface area contributed by atoms with Gasteiger partial charge in [-0.25, -0.2) is 0 Å². The third-order valence-corrected chi connectivity index (χ3v) is 17.4. The van der Waals surface area contributed by atoms with Crippen LogP contribution in [0.4, 0.5) is 0 Å². The zero-order chi connectivity index (χ0) is 26.1. The fourth-order valence-corrected chi connectivity index (χ4v) is 15.3. The molecule has 0 aromatic heterocycles. The first-order valence-electron chi connectivity index (χ1n) is 12.7. The second-order valence-corrected chi connectivity index (χ2v) is 19.5. The first kappa shape index (κ1) is 27.9. The molecule has 2 unspecified atom stereocenters. The minimum absolute atomic E-state index is 0.180. The van der Waals surface area contributed by atoms with Gasteiger partial charge in [0.1, 0.15) is 0 Å². The molecule has 3 aromatic rings. The molecule has 3 rings (SSSR count). The van der Waals surface area contributed by atoms with E-state index in [1.807, 2.05) is 82.3 Å². The van der Waals surface area contributed by atoms with Gasteiger partial charge in [0.25, 0.3) is 0 Å². The summed E-state index contributed by atoms with van der Waals surface area (Å²) in [6.07, 6.45) is 1.02. The van der Waals surface area contributed by atoms with Gasteiger partial charge in [-0.2, -0.15) is 0 Å². The molecule has 0 heterocycles. The number of carbonyl (C=O) groups is 2. The molecule has 190 valence electrons. The van der Waals surface area contributed by atoms with E-state index in [1.165, 1.54) is 0 Å². The summed E-state index contributed by atoms with van der Waals surface area (Å²) >= 11 is -4.28. The fraction of sp³-hybridized carbons (Fsp3) is 0.333. The Bertz CT molecular complexity index is 1010. The second kappa shape index (κ2) is 13.1. The molecule has 3 aromatic carbocycles. The van der Waals surface area contributed by atoms with Gasteiger partial charge in [0, 0.05) is 0 Å². The average molecular weight is 593 g/mol. The minimum atomic E-state index is -4.28. The average Bonchev–Trinajstić information content (AvgIpc) is 2.87. The number of amides is 1. The van der Waals surface area contributed by atoms with E-state index in [2.05, 4.69) is 41.7 Å². The zero-order valence-electron chi connectivity index (χ0n) is 21.7. The van der Waals surface area contributed by atoms with Crippen LogP contribution < -0.4 is 21.8 Å². The normalized spacial score (nSPS) is 13.3. The van der Waals surface area contributed by atoms with E-state index in [9.17, 15) is 9.59 Å². The van der Waals surface area contributed by atoms with Crippen LogP contribution in [0.25, 0.3) is 0 Å². The molecule has 0 radical (unpaired) electrons. The summed E-state index contributed by atoms with van der Waals surface area (Å²) in [7, 11) is 0. The van der Waals surface area contributed by atoms with Crippen LogP contribution in [-0.2, 0) is 12.7 Å². The molecular weight excluding hydrogens is 555 g/mol. The van der Waals surface area contributed by atoms with Crippen molar-refractivity contribution >= 4 is 41.4 Å². The Labute approximate surface area is 219 Å². The first-order chi connectivity index (χ1) is 17.2. The van der Waals surface area contributed by atoms with Gasteiger partial charge >= 0.3 is 221 Å². The molecule has 5 nitrogen and oxygen atoms in total. The monoisotopic (exact) mass is 594 g/mol. The number of hydrogen-bond acceptors (Lipinski definition) is 4. The van der Waals surface area contributed by atoms with Gasteiger partial charge in [-0.05, 0) is 0 Å². The van der Waals surface area contributed by atoms with Crippen LogP contribution in [0.15, 0.2) is 91.0 Å². The number of rotatable bonds is 11. The van der Waals surface area contributed by atoms with Crippen LogP contribution in [0.2, 0.25) is 0 Å². The molecule has 36 heavy (non-hydrogen) atoms. The third kappa shape index (κ3) is 6.98. The van der Waals surface area contributed by atoms with Crippen LogP contribution >= 0.6 is 0 Å². The Morgan fingerprint density at radius 2 is 1.11 bits per heavy atom. The summed E-state index contributed by atoms with van der Waals surface area (Å²) in [6.45, 7) is 8.11. The predicted octanol–water partition coefficient (Wildman–Crippen LogP) is 3.10. The Hall–Kier alpha value is -2.64. The van der Waals surface area contributed by atoms with Gasteiger partial charge in [0.2, 0.25) is 0 Å². The maximum absolute atomic E-state index is 14.0. The maximum atomic E-state index is 14.0. The Morgan fingerprint density at radius 1 is 0.722 bits per heavy atom. The Morgan fingerprint density at radius 3 is 1.47 bits per heavy atom. The van der Waals surface area contributed by atoms with Crippen molar-refractivity contribution in [3.05, 3.63) is 91.0 Å². The van der Waals surface area contributed by atoms with Crippen LogP contribution in [-0.4, -0.2) is 42.8 Å². The summed E-state index contributed by atoms with van der Waals surface area (Å²) in [6, 6.07) is 28.7. The van der Waals surface area contributed by atoms with Gasteiger partial charge in [0.15, 0.2) is 0 Å². The number of benzene rings is 3. The molecule has 0 bridgehead atoms. The number of nitrogens with two attached hydrogens (primary N) is 1. The molecule has 0 aliphatic rings. The fourth-order valence-electron chi connectivity index (χ4n) is 4.50. The molecular formula is C30H38N2O3Sn. The number of nitrogens with one attached hydrogen (secondary N) is 1. The van der Waals surface area contributed by atoms with E-state index in [4.69, 9.17) is 8.81 Å². The van der Waals surface area contributed by atoms with Gasteiger partial charge in [-0.1, -0.05) is 0 Å². The molecule has 0 aliphatic heterocycles. The zero-order valence-corrected chi connectivity index (χ0v) is 24.5. The van der Waals surface area contributed by atoms with E-state index in [-0.39, 0.29) is 17.7 Å². The van der Waals surface area contributed by atoms with Crippen molar-refractivity contribution in [2.45, 2.75) is 52.6 Å². The standard InChI is InChI=1S/C12H24N2O3.3C6H5.Sn/c1-7(2)5-9(13)11(15)14-10(12(16)17)6-8(3)4;3*1-2-4-6-5-3-1;/h7-10H,5-6,13H2,1-4H3,(H,14,15)(H,16,17);3*1-5H;/q;;;;+1/p-1. The molecule has 0 spiro atoms.